The number of benzene rings is 2. The Kier molecular flexibility index (Phi) is 7.89. The maximum absolute atomic E-state index is 12.9. The van der Waals surface area contributed by atoms with Crippen LogP contribution in [0.1, 0.15) is 36.5 Å². The maximum Gasteiger partial charge on any atom is 0.222 e. The number of piperazine rings is 1. The zero-order valence-corrected chi connectivity index (χ0v) is 20.0. The molecule has 7 heteroatoms. The van der Waals surface area contributed by atoms with E-state index in [1.54, 1.807) is 6.92 Å². The van der Waals surface area contributed by atoms with Gasteiger partial charge in [0.05, 0.1) is 6.54 Å². The van der Waals surface area contributed by atoms with Gasteiger partial charge >= 0.3 is 0 Å². The van der Waals surface area contributed by atoms with Crippen molar-refractivity contribution in [3.05, 3.63) is 64.2 Å². The van der Waals surface area contributed by atoms with E-state index in [0.717, 1.165) is 61.9 Å². The fourth-order valence-corrected chi connectivity index (χ4v) is 4.62. The molecule has 2 heterocycles. The first-order valence-electron chi connectivity index (χ1n) is 11.7. The summed E-state index contributed by atoms with van der Waals surface area (Å²) in [5, 5.41) is 0.732. The van der Waals surface area contributed by atoms with E-state index in [9.17, 15) is 9.59 Å². The van der Waals surface area contributed by atoms with Crippen LogP contribution in [-0.2, 0) is 29.1 Å². The molecule has 2 aromatic carbocycles. The van der Waals surface area contributed by atoms with Crippen LogP contribution < -0.4 is 4.74 Å². The van der Waals surface area contributed by atoms with Gasteiger partial charge in [-0.05, 0) is 48.2 Å². The molecule has 2 amide bonds. The lowest BCUT2D eigenvalue weighted by Crippen LogP contribution is -2.47. The molecule has 0 aromatic heterocycles. The van der Waals surface area contributed by atoms with E-state index in [0.29, 0.717) is 26.1 Å². The average molecular weight is 470 g/mol. The number of nitrogens with zero attached hydrogens (tertiary/aromatic N) is 3. The van der Waals surface area contributed by atoms with Gasteiger partial charge in [0.1, 0.15) is 12.4 Å². The Hall–Kier alpha value is -2.57. The van der Waals surface area contributed by atoms with Crippen molar-refractivity contribution < 1.29 is 14.3 Å². The molecule has 1 fully saturated rings. The Balaban J connectivity index is 1.31. The average Bonchev–Trinajstić information content (AvgIpc) is 3.03. The number of aryl methyl sites for hydroxylation is 1. The van der Waals surface area contributed by atoms with Crippen molar-refractivity contribution in [3.8, 4) is 5.75 Å². The van der Waals surface area contributed by atoms with Crippen LogP contribution in [0.5, 0.6) is 5.75 Å². The van der Waals surface area contributed by atoms with Crippen molar-refractivity contribution in [1.29, 1.82) is 0 Å². The molecule has 0 bridgehead atoms. The number of fused-ring (bicyclic) bond motifs is 1. The highest BCUT2D eigenvalue weighted by Crippen LogP contribution is 2.26. The Morgan fingerprint density at radius 1 is 0.939 bits per heavy atom. The van der Waals surface area contributed by atoms with E-state index in [4.69, 9.17) is 16.3 Å². The summed E-state index contributed by atoms with van der Waals surface area (Å²) in [6, 6.07) is 14.1. The largest absolute Gasteiger partial charge is 0.491 e. The number of hydrogen-bond acceptors (Lipinski definition) is 4. The standard InChI is InChI=1S/C26H32ClN3O3/c1-20(31)29-13-11-28(12-14-29)18-22-7-10-25-23(17-22)19-30(15-16-33-25)26(32)4-2-3-21-5-8-24(27)9-6-21/h5-10,17H,2-4,11-16,18-19H2,1H3. The van der Waals surface area contributed by atoms with Gasteiger partial charge in [0.25, 0.3) is 0 Å². The molecule has 33 heavy (non-hydrogen) atoms. The summed E-state index contributed by atoms with van der Waals surface area (Å²) < 4.78 is 5.94. The number of amides is 2. The minimum absolute atomic E-state index is 0.148. The maximum atomic E-state index is 12.9. The van der Waals surface area contributed by atoms with Crippen LogP contribution in [0.25, 0.3) is 0 Å². The van der Waals surface area contributed by atoms with Crippen LogP contribution in [0.2, 0.25) is 5.02 Å². The first kappa shape index (κ1) is 23.6. The monoisotopic (exact) mass is 469 g/mol. The minimum atomic E-state index is 0.148. The van der Waals surface area contributed by atoms with Crippen LogP contribution in [-0.4, -0.2) is 65.8 Å². The summed E-state index contributed by atoms with van der Waals surface area (Å²) in [5.41, 5.74) is 3.48. The van der Waals surface area contributed by atoms with Gasteiger partial charge in [-0.3, -0.25) is 14.5 Å². The molecule has 0 saturated carbocycles. The summed E-state index contributed by atoms with van der Waals surface area (Å²) in [4.78, 5) is 30.6. The molecule has 1 saturated heterocycles. The number of carbonyl (C=O) groups is 2. The lowest BCUT2D eigenvalue weighted by molar-refractivity contribution is -0.132. The topological polar surface area (TPSA) is 53.1 Å². The SMILES string of the molecule is CC(=O)N1CCN(Cc2ccc3c(c2)CN(C(=O)CCCc2ccc(Cl)cc2)CCO3)CC1. The zero-order chi connectivity index (χ0) is 23.2. The van der Waals surface area contributed by atoms with Crippen molar-refractivity contribution >= 4 is 23.4 Å². The quantitative estimate of drug-likeness (QED) is 0.646. The molecular formula is C26H32ClN3O3. The highest BCUT2D eigenvalue weighted by Gasteiger charge is 2.22. The van der Waals surface area contributed by atoms with Crippen LogP contribution >= 0.6 is 11.6 Å². The first-order chi connectivity index (χ1) is 16.0. The lowest BCUT2D eigenvalue weighted by Gasteiger charge is -2.34. The van der Waals surface area contributed by atoms with Crippen molar-refractivity contribution in [3.63, 3.8) is 0 Å². The Morgan fingerprint density at radius 3 is 2.39 bits per heavy atom. The molecule has 2 aliphatic heterocycles. The van der Waals surface area contributed by atoms with Gasteiger partial charge < -0.3 is 14.5 Å². The first-order valence-corrected chi connectivity index (χ1v) is 12.1. The summed E-state index contributed by atoms with van der Waals surface area (Å²) in [7, 11) is 0. The molecule has 0 radical (unpaired) electrons. The molecule has 0 spiro atoms. The second-order valence-corrected chi connectivity index (χ2v) is 9.30. The molecule has 0 aliphatic carbocycles. The summed E-state index contributed by atoms with van der Waals surface area (Å²) in [5.74, 6) is 1.19. The van der Waals surface area contributed by atoms with Gasteiger partial charge in [-0.15, -0.1) is 0 Å². The van der Waals surface area contributed by atoms with Crippen LogP contribution in [0, 0.1) is 0 Å². The van der Waals surface area contributed by atoms with E-state index in [-0.39, 0.29) is 11.8 Å². The molecule has 6 nitrogen and oxygen atoms in total. The van der Waals surface area contributed by atoms with Crippen molar-refractivity contribution in [2.75, 3.05) is 39.3 Å². The van der Waals surface area contributed by atoms with E-state index in [1.165, 1.54) is 11.1 Å². The smallest absolute Gasteiger partial charge is 0.222 e. The van der Waals surface area contributed by atoms with E-state index in [2.05, 4.69) is 17.0 Å². The Labute approximate surface area is 201 Å². The number of ether oxygens (including phenoxy) is 1. The molecule has 0 atom stereocenters. The number of rotatable bonds is 6. The predicted molar refractivity (Wildman–Crippen MR) is 129 cm³/mol. The van der Waals surface area contributed by atoms with Gasteiger partial charge in [0.15, 0.2) is 0 Å². The number of carbonyl (C=O) groups excluding carboxylic acids is 2. The van der Waals surface area contributed by atoms with Gasteiger partial charge in [-0.25, -0.2) is 0 Å². The third-order valence-corrected chi connectivity index (χ3v) is 6.70. The predicted octanol–water partition coefficient (Wildman–Crippen LogP) is 3.75. The third-order valence-electron chi connectivity index (χ3n) is 6.45. The van der Waals surface area contributed by atoms with Crippen LogP contribution in [0.15, 0.2) is 42.5 Å². The highest BCUT2D eigenvalue weighted by atomic mass is 35.5. The highest BCUT2D eigenvalue weighted by molar-refractivity contribution is 6.30. The fourth-order valence-electron chi connectivity index (χ4n) is 4.49. The van der Waals surface area contributed by atoms with Crippen molar-refractivity contribution in [2.24, 2.45) is 0 Å². The molecule has 2 aliphatic rings. The molecule has 0 unspecified atom stereocenters. The second kappa shape index (κ2) is 11.0. The lowest BCUT2D eigenvalue weighted by atomic mass is 10.1. The zero-order valence-electron chi connectivity index (χ0n) is 19.3. The van der Waals surface area contributed by atoms with Crippen LogP contribution in [0.3, 0.4) is 0 Å². The number of halogens is 1. The van der Waals surface area contributed by atoms with Gasteiger partial charge in [-0.1, -0.05) is 29.8 Å². The number of hydrogen-bond donors (Lipinski definition) is 0. The van der Waals surface area contributed by atoms with E-state index < -0.39 is 0 Å². The summed E-state index contributed by atoms with van der Waals surface area (Å²) in [6.45, 7) is 7.50. The minimum Gasteiger partial charge on any atom is -0.491 e. The Morgan fingerprint density at radius 2 is 1.67 bits per heavy atom. The van der Waals surface area contributed by atoms with E-state index >= 15 is 0 Å². The summed E-state index contributed by atoms with van der Waals surface area (Å²) >= 11 is 5.95. The third kappa shape index (κ3) is 6.49. The van der Waals surface area contributed by atoms with Crippen molar-refractivity contribution in [2.45, 2.75) is 39.3 Å². The fraction of sp³-hybridized carbons (Fsp3) is 0.462. The molecular weight excluding hydrogens is 438 g/mol. The molecule has 4 rings (SSSR count). The Bertz CT molecular complexity index is 971. The molecule has 2 aromatic rings. The van der Waals surface area contributed by atoms with Gasteiger partial charge in [0, 0.05) is 63.2 Å². The summed E-state index contributed by atoms with van der Waals surface area (Å²) in [6.07, 6.45) is 2.21. The second-order valence-electron chi connectivity index (χ2n) is 8.87. The van der Waals surface area contributed by atoms with Crippen LogP contribution in [0.4, 0.5) is 0 Å². The van der Waals surface area contributed by atoms with Crippen molar-refractivity contribution in [1.82, 2.24) is 14.7 Å². The molecule has 176 valence electrons. The van der Waals surface area contributed by atoms with E-state index in [1.807, 2.05) is 40.1 Å². The molecule has 0 N–H and O–H groups in total. The normalized spacial score (nSPS) is 16.7. The van der Waals surface area contributed by atoms with Gasteiger partial charge in [0.2, 0.25) is 11.8 Å². The van der Waals surface area contributed by atoms with Gasteiger partial charge in [-0.2, -0.15) is 0 Å².